The maximum absolute atomic E-state index is 4.16. The average molecular weight is 208 g/mol. The Bertz CT molecular complexity index is 159. The maximum Gasteiger partial charge on any atom is 0.151 e. The maximum atomic E-state index is 4.16. The van der Waals surface area contributed by atoms with E-state index < -0.39 is 0 Å². The van der Waals surface area contributed by atoms with Crippen molar-refractivity contribution in [2.45, 2.75) is 66.1 Å². The Morgan fingerprint density at radius 2 is 1.60 bits per heavy atom. The molecule has 15 heavy (non-hydrogen) atoms. The van der Waals surface area contributed by atoms with Gasteiger partial charge in [0, 0.05) is 0 Å². The second kappa shape index (κ2) is 9.06. The van der Waals surface area contributed by atoms with E-state index in [1.165, 1.54) is 51.2 Å². The third kappa shape index (κ3) is 11.7. The molecule has 0 aliphatic rings. The van der Waals surface area contributed by atoms with E-state index in [0.29, 0.717) is 0 Å². The molecule has 0 unspecified atom stereocenters. The number of unbranched alkanes of at least 4 members (excludes halogenated alkanes) is 1. The second-order valence-corrected chi connectivity index (χ2v) is 5.68. The Morgan fingerprint density at radius 1 is 1.00 bits per heavy atom. The summed E-state index contributed by atoms with van der Waals surface area (Å²) >= 11 is 0. The van der Waals surface area contributed by atoms with Crippen LogP contribution in [0.5, 0.6) is 0 Å². The molecule has 0 rings (SSSR count). The van der Waals surface area contributed by atoms with Crippen LogP contribution in [0.4, 0.5) is 0 Å². The van der Waals surface area contributed by atoms with Gasteiger partial charge in [-0.1, -0.05) is 53.3 Å². The molecule has 0 aromatic carbocycles. The van der Waals surface area contributed by atoms with Gasteiger partial charge in [-0.2, -0.15) is 0 Å². The predicted octanol–water partition coefficient (Wildman–Crippen LogP) is 4.62. The molecule has 0 aliphatic carbocycles. The zero-order chi connectivity index (χ0) is 11.7. The first-order valence-electron chi connectivity index (χ1n) is 6.69. The summed E-state index contributed by atoms with van der Waals surface area (Å²) in [5.41, 5.74) is 1.47. The molecule has 0 heterocycles. The van der Waals surface area contributed by atoms with Gasteiger partial charge in [0.2, 0.25) is 0 Å². The standard InChI is InChI=1S/C14H29B/c1-12(2)8-6-7-11-15-14(5)10-9-13(3)4/h12-13,15H,5-11H2,1-4H3. The lowest BCUT2D eigenvalue weighted by molar-refractivity contribution is 0.549. The first kappa shape index (κ1) is 14.8. The minimum Gasteiger partial charge on any atom is -0.113 e. The van der Waals surface area contributed by atoms with Gasteiger partial charge >= 0.3 is 0 Å². The van der Waals surface area contributed by atoms with Gasteiger partial charge in [0.15, 0.2) is 7.28 Å². The highest BCUT2D eigenvalue weighted by Gasteiger charge is 2.00. The van der Waals surface area contributed by atoms with Crippen molar-refractivity contribution >= 4 is 7.28 Å². The fraction of sp³-hybridized carbons (Fsp3) is 0.857. The summed E-state index contributed by atoms with van der Waals surface area (Å²) in [5.74, 6) is 1.69. The molecule has 0 aromatic rings. The summed E-state index contributed by atoms with van der Waals surface area (Å²) in [5, 5.41) is 0. The van der Waals surface area contributed by atoms with Gasteiger partial charge < -0.3 is 0 Å². The first-order valence-corrected chi connectivity index (χ1v) is 6.69. The summed E-state index contributed by atoms with van der Waals surface area (Å²) in [6, 6.07) is 0. The fourth-order valence-electron chi connectivity index (χ4n) is 1.72. The highest BCUT2D eigenvalue weighted by Crippen LogP contribution is 2.12. The van der Waals surface area contributed by atoms with Crippen molar-refractivity contribution in [3.63, 3.8) is 0 Å². The minimum atomic E-state index is 0.822. The molecule has 0 spiro atoms. The molecule has 0 nitrogen and oxygen atoms in total. The van der Waals surface area contributed by atoms with E-state index in [9.17, 15) is 0 Å². The highest BCUT2D eigenvalue weighted by molar-refractivity contribution is 6.44. The van der Waals surface area contributed by atoms with Gasteiger partial charge in [0.1, 0.15) is 0 Å². The third-order valence-electron chi connectivity index (χ3n) is 2.89. The lowest BCUT2D eigenvalue weighted by atomic mass is 9.64. The van der Waals surface area contributed by atoms with Crippen LogP contribution in [-0.2, 0) is 0 Å². The molecule has 0 bridgehead atoms. The van der Waals surface area contributed by atoms with Crippen molar-refractivity contribution in [3.8, 4) is 0 Å². The molecule has 0 fully saturated rings. The molecular formula is C14H29B. The summed E-state index contributed by atoms with van der Waals surface area (Å²) in [6.07, 6.45) is 8.07. The van der Waals surface area contributed by atoms with E-state index in [-0.39, 0.29) is 0 Å². The molecule has 0 N–H and O–H groups in total. The van der Waals surface area contributed by atoms with Crippen LogP contribution in [0.3, 0.4) is 0 Å². The molecule has 0 amide bonds. The monoisotopic (exact) mass is 208 g/mol. The Balaban J connectivity index is 3.24. The van der Waals surface area contributed by atoms with Crippen molar-refractivity contribution in [1.29, 1.82) is 0 Å². The minimum absolute atomic E-state index is 0.822. The summed E-state index contributed by atoms with van der Waals surface area (Å²) in [7, 11) is 1.25. The SMILES string of the molecule is C=C(BCCCCC(C)C)CCC(C)C. The van der Waals surface area contributed by atoms with Crippen LogP contribution >= 0.6 is 0 Å². The number of hydrogen-bond donors (Lipinski definition) is 0. The van der Waals surface area contributed by atoms with E-state index in [2.05, 4.69) is 34.3 Å². The molecule has 0 atom stereocenters. The summed E-state index contributed by atoms with van der Waals surface area (Å²) < 4.78 is 0. The Hall–Kier alpha value is -0.195. The quantitative estimate of drug-likeness (QED) is 0.383. The third-order valence-corrected chi connectivity index (χ3v) is 2.89. The molecule has 0 saturated heterocycles. The zero-order valence-electron chi connectivity index (χ0n) is 11.3. The van der Waals surface area contributed by atoms with Crippen LogP contribution in [0.25, 0.3) is 0 Å². The highest BCUT2D eigenvalue weighted by atomic mass is 14.0. The predicted molar refractivity (Wildman–Crippen MR) is 73.9 cm³/mol. The molecule has 1 heteroatoms. The van der Waals surface area contributed by atoms with E-state index in [4.69, 9.17) is 0 Å². The Morgan fingerprint density at radius 3 is 2.13 bits per heavy atom. The van der Waals surface area contributed by atoms with Gasteiger partial charge in [-0.05, 0) is 24.7 Å². The van der Waals surface area contributed by atoms with Crippen molar-refractivity contribution in [2.75, 3.05) is 0 Å². The average Bonchev–Trinajstić information content (AvgIpc) is 2.13. The number of hydrogen-bond acceptors (Lipinski definition) is 0. The van der Waals surface area contributed by atoms with Crippen molar-refractivity contribution in [1.82, 2.24) is 0 Å². The smallest absolute Gasteiger partial charge is 0.113 e. The number of allylic oxidation sites excluding steroid dienone is 1. The van der Waals surface area contributed by atoms with E-state index >= 15 is 0 Å². The van der Waals surface area contributed by atoms with Crippen molar-refractivity contribution in [3.05, 3.63) is 12.1 Å². The topological polar surface area (TPSA) is 0 Å². The van der Waals surface area contributed by atoms with Gasteiger partial charge in [-0.15, -0.1) is 12.1 Å². The van der Waals surface area contributed by atoms with Crippen LogP contribution in [0.1, 0.15) is 59.8 Å². The Labute approximate surface area is 97.8 Å². The van der Waals surface area contributed by atoms with Crippen LogP contribution in [0, 0.1) is 11.8 Å². The first-order chi connectivity index (χ1) is 7.02. The molecule has 0 aromatic heterocycles. The number of rotatable bonds is 9. The van der Waals surface area contributed by atoms with Gasteiger partial charge in [0.25, 0.3) is 0 Å². The molecule has 0 radical (unpaired) electrons. The largest absolute Gasteiger partial charge is 0.151 e. The molecule has 0 saturated carbocycles. The van der Waals surface area contributed by atoms with E-state index in [1.807, 2.05) is 0 Å². The van der Waals surface area contributed by atoms with Crippen LogP contribution in [0.15, 0.2) is 12.1 Å². The summed E-state index contributed by atoms with van der Waals surface area (Å²) in [6.45, 7) is 13.3. The normalized spacial score (nSPS) is 11.1. The molecule has 88 valence electrons. The van der Waals surface area contributed by atoms with Gasteiger partial charge in [-0.25, -0.2) is 0 Å². The van der Waals surface area contributed by atoms with Crippen LogP contribution in [-0.4, -0.2) is 7.28 Å². The van der Waals surface area contributed by atoms with E-state index in [0.717, 1.165) is 11.8 Å². The van der Waals surface area contributed by atoms with Gasteiger partial charge in [0.05, 0.1) is 0 Å². The van der Waals surface area contributed by atoms with Gasteiger partial charge in [-0.3, -0.25) is 0 Å². The Kier molecular flexibility index (Phi) is 8.94. The van der Waals surface area contributed by atoms with Crippen LogP contribution in [0.2, 0.25) is 6.32 Å². The lowest BCUT2D eigenvalue weighted by Crippen LogP contribution is -1.98. The van der Waals surface area contributed by atoms with Crippen LogP contribution < -0.4 is 0 Å². The fourth-order valence-corrected chi connectivity index (χ4v) is 1.72. The summed E-state index contributed by atoms with van der Waals surface area (Å²) in [4.78, 5) is 0. The second-order valence-electron chi connectivity index (χ2n) is 5.68. The van der Waals surface area contributed by atoms with Crippen molar-refractivity contribution < 1.29 is 0 Å². The molecular weight excluding hydrogens is 179 g/mol. The zero-order valence-corrected chi connectivity index (χ0v) is 11.3. The molecule has 0 aliphatic heterocycles. The lowest BCUT2D eigenvalue weighted by Gasteiger charge is -2.07. The van der Waals surface area contributed by atoms with E-state index in [1.54, 1.807) is 0 Å². The van der Waals surface area contributed by atoms with Crippen molar-refractivity contribution in [2.24, 2.45) is 11.8 Å².